The van der Waals surface area contributed by atoms with Gasteiger partial charge in [0.05, 0.1) is 11.3 Å². The Morgan fingerprint density at radius 2 is 1.63 bits per heavy atom. The highest BCUT2D eigenvalue weighted by Gasteiger charge is 2.24. The SMILES string of the molecule is CCc1c(Br)cccc1-c1c(O)c(-c2cccc3ccccc23)n(C)c1N. The highest BCUT2D eigenvalue weighted by Crippen LogP contribution is 2.47. The summed E-state index contributed by atoms with van der Waals surface area (Å²) in [6.07, 6.45) is 0.841. The number of benzene rings is 3. The first-order valence-electron chi connectivity index (χ1n) is 8.97. The average Bonchev–Trinajstić information content (AvgIpc) is 2.90. The van der Waals surface area contributed by atoms with Crippen LogP contribution in [0.5, 0.6) is 5.75 Å². The molecule has 0 unspecified atom stereocenters. The fourth-order valence-electron chi connectivity index (χ4n) is 3.84. The van der Waals surface area contributed by atoms with Gasteiger partial charge in [-0.15, -0.1) is 0 Å². The molecule has 0 bridgehead atoms. The van der Waals surface area contributed by atoms with E-state index in [1.807, 2.05) is 54.1 Å². The minimum Gasteiger partial charge on any atom is -0.505 e. The molecular formula is C23H21BrN2O. The molecule has 4 aromatic rings. The predicted octanol–water partition coefficient (Wildman–Crippen LogP) is 6.13. The number of fused-ring (bicyclic) bond motifs is 1. The lowest BCUT2D eigenvalue weighted by Gasteiger charge is -2.10. The van der Waals surface area contributed by atoms with Crippen LogP contribution in [0.15, 0.2) is 65.1 Å². The Kier molecular flexibility index (Phi) is 4.44. The maximum Gasteiger partial charge on any atom is 0.151 e. The Bertz CT molecular complexity index is 1160. The molecule has 27 heavy (non-hydrogen) atoms. The number of hydrogen-bond acceptors (Lipinski definition) is 2. The maximum atomic E-state index is 11.3. The molecule has 0 aliphatic heterocycles. The molecule has 3 nitrogen and oxygen atoms in total. The topological polar surface area (TPSA) is 51.2 Å². The van der Waals surface area contributed by atoms with E-state index in [1.165, 1.54) is 0 Å². The summed E-state index contributed by atoms with van der Waals surface area (Å²) in [5, 5.41) is 13.5. The van der Waals surface area contributed by atoms with Crippen LogP contribution in [0.2, 0.25) is 0 Å². The highest BCUT2D eigenvalue weighted by atomic mass is 79.9. The third kappa shape index (κ3) is 2.72. The summed E-state index contributed by atoms with van der Waals surface area (Å²) in [5.74, 6) is 0.780. The number of aromatic hydroxyl groups is 1. The third-order valence-corrected chi connectivity index (χ3v) is 5.94. The van der Waals surface area contributed by atoms with Crippen LogP contribution in [0, 0.1) is 0 Å². The molecule has 0 aliphatic carbocycles. The molecule has 0 atom stereocenters. The molecule has 1 heterocycles. The smallest absolute Gasteiger partial charge is 0.151 e. The molecule has 0 amide bonds. The van der Waals surface area contributed by atoms with E-state index in [4.69, 9.17) is 5.73 Å². The number of nitrogens with two attached hydrogens (primary N) is 1. The van der Waals surface area contributed by atoms with Gasteiger partial charge < -0.3 is 15.4 Å². The molecule has 1 aromatic heterocycles. The van der Waals surface area contributed by atoms with Crippen LogP contribution in [0.3, 0.4) is 0 Å². The second-order valence-corrected chi connectivity index (χ2v) is 7.52. The first-order valence-corrected chi connectivity index (χ1v) is 9.76. The zero-order valence-corrected chi connectivity index (χ0v) is 16.9. The van der Waals surface area contributed by atoms with E-state index in [1.54, 1.807) is 0 Å². The number of anilines is 1. The lowest BCUT2D eigenvalue weighted by atomic mass is 9.97. The van der Waals surface area contributed by atoms with E-state index in [-0.39, 0.29) is 5.75 Å². The second kappa shape index (κ2) is 6.78. The van der Waals surface area contributed by atoms with Crippen molar-refractivity contribution in [2.45, 2.75) is 13.3 Å². The molecule has 0 aliphatic rings. The van der Waals surface area contributed by atoms with Crippen molar-refractivity contribution in [3.05, 3.63) is 70.7 Å². The lowest BCUT2D eigenvalue weighted by molar-refractivity contribution is 0.479. The number of aromatic nitrogens is 1. The van der Waals surface area contributed by atoms with Crippen molar-refractivity contribution in [2.75, 3.05) is 5.73 Å². The summed E-state index contributed by atoms with van der Waals surface area (Å²) in [5.41, 5.74) is 11.0. The van der Waals surface area contributed by atoms with Crippen molar-refractivity contribution in [1.29, 1.82) is 0 Å². The van der Waals surface area contributed by atoms with Gasteiger partial charge in [-0.3, -0.25) is 0 Å². The van der Waals surface area contributed by atoms with E-state index in [0.717, 1.165) is 44.1 Å². The summed E-state index contributed by atoms with van der Waals surface area (Å²) in [4.78, 5) is 0. The summed E-state index contributed by atoms with van der Waals surface area (Å²) in [7, 11) is 1.90. The maximum absolute atomic E-state index is 11.3. The lowest BCUT2D eigenvalue weighted by Crippen LogP contribution is -1.99. The first-order chi connectivity index (χ1) is 13.0. The van der Waals surface area contributed by atoms with Crippen molar-refractivity contribution >= 4 is 32.5 Å². The fourth-order valence-corrected chi connectivity index (χ4v) is 4.49. The summed E-state index contributed by atoms with van der Waals surface area (Å²) >= 11 is 3.63. The summed E-state index contributed by atoms with van der Waals surface area (Å²) in [6.45, 7) is 2.10. The Hall–Kier alpha value is -2.72. The standard InChI is InChI=1S/C23H21BrN2O/c1-3-15-17(11-7-13-19(15)24)20-22(27)21(26(2)23(20)25)18-12-6-9-14-8-4-5-10-16(14)18/h4-13,27H,3,25H2,1-2H3. The van der Waals surface area contributed by atoms with Crippen molar-refractivity contribution in [1.82, 2.24) is 4.57 Å². The van der Waals surface area contributed by atoms with Crippen LogP contribution in [-0.4, -0.2) is 9.67 Å². The molecule has 0 spiro atoms. The van der Waals surface area contributed by atoms with E-state index in [9.17, 15) is 5.11 Å². The van der Waals surface area contributed by atoms with Crippen LogP contribution >= 0.6 is 15.9 Å². The van der Waals surface area contributed by atoms with Gasteiger partial charge in [0.25, 0.3) is 0 Å². The van der Waals surface area contributed by atoms with Gasteiger partial charge in [-0.2, -0.15) is 0 Å². The average molecular weight is 421 g/mol. The zero-order chi connectivity index (χ0) is 19.1. The van der Waals surface area contributed by atoms with Crippen LogP contribution in [0.25, 0.3) is 33.2 Å². The third-order valence-electron chi connectivity index (χ3n) is 5.20. The Labute approximate surface area is 167 Å². The molecule has 3 aromatic carbocycles. The van der Waals surface area contributed by atoms with Crippen LogP contribution < -0.4 is 5.73 Å². The van der Waals surface area contributed by atoms with E-state index in [2.05, 4.69) is 41.1 Å². The van der Waals surface area contributed by atoms with E-state index >= 15 is 0 Å². The predicted molar refractivity (Wildman–Crippen MR) is 117 cm³/mol. The fraction of sp³-hybridized carbons (Fsp3) is 0.130. The van der Waals surface area contributed by atoms with Gasteiger partial charge in [-0.05, 0) is 34.4 Å². The van der Waals surface area contributed by atoms with Crippen molar-refractivity contribution < 1.29 is 5.11 Å². The van der Waals surface area contributed by atoms with Crippen LogP contribution in [0.4, 0.5) is 5.82 Å². The number of nitrogens with zero attached hydrogens (tertiary/aromatic N) is 1. The van der Waals surface area contributed by atoms with Gasteiger partial charge in [-0.1, -0.05) is 77.5 Å². The molecule has 0 saturated carbocycles. The van der Waals surface area contributed by atoms with Crippen molar-refractivity contribution in [2.24, 2.45) is 7.05 Å². The molecule has 4 heteroatoms. The molecule has 3 N–H and O–H groups in total. The number of nitrogen functional groups attached to an aromatic ring is 1. The highest BCUT2D eigenvalue weighted by molar-refractivity contribution is 9.10. The molecule has 0 fully saturated rings. The first kappa shape index (κ1) is 17.7. The monoisotopic (exact) mass is 420 g/mol. The Morgan fingerprint density at radius 1 is 0.963 bits per heavy atom. The molecule has 0 saturated heterocycles. The van der Waals surface area contributed by atoms with Gasteiger partial charge in [0, 0.05) is 17.1 Å². The second-order valence-electron chi connectivity index (χ2n) is 6.66. The van der Waals surface area contributed by atoms with Crippen molar-refractivity contribution in [3.63, 3.8) is 0 Å². The minimum absolute atomic E-state index is 0.221. The van der Waals surface area contributed by atoms with E-state index < -0.39 is 0 Å². The van der Waals surface area contributed by atoms with Gasteiger partial charge in [0.15, 0.2) is 5.75 Å². The Morgan fingerprint density at radius 3 is 2.41 bits per heavy atom. The van der Waals surface area contributed by atoms with Crippen LogP contribution in [-0.2, 0) is 13.5 Å². The largest absolute Gasteiger partial charge is 0.505 e. The van der Waals surface area contributed by atoms with Crippen molar-refractivity contribution in [3.8, 4) is 28.1 Å². The quantitative estimate of drug-likeness (QED) is 0.418. The van der Waals surface area contributed by atoms with Gasteiger partial charge >= 0.3 is 0 Å². The van der Waals surface area contributed by atoms with E-state index in [0.29, 0.717) is 11.4 Å². The Balaban J connectivity index is 2.04. The summed E-state index contributed by atoms with van der Waals surface area (Å²) in [6, 6.07) is 20.3. The molecule has 0 radical (unpaired) electrons. The normalized spacial score (nSPS) is 11.2. The number of rotatable bonds is 3. The zero-order valence-electron chi connectivity index (χ0n) is 15.3. The van der Waals surface area contributed by atoms with Gasteiger partial charge in [0.1, 0.15) is 5.82 Å². The molecule has 136 valence electrons. The minimum atomic E-state index is 0.221. The number of hydrogen-bond donors (Lipinski definition) is 2. The molecule has 4 rings (SSSR count). The summed E-state index contributed by atoms with van der Waals surface area (Å²) < 4.78 is 2.91. The molecular weight excluding hydrogens is 400 g/mol. The number of halogens is 1. The van der Waals surface area contributed by atoms with Gasteiger partial charge in [-0.25, -0.2) is 0 Å². The van der Waals surface area contributed by atoms with Crippen LogP contribution in [0.1, 0.15) is 12.5 Å². The van der Waals surface area contributed by atoms with Gasteiger partial charge in [0.2, 0.25) is 0 Å².